The largest absolute Gasteiger partial charge is 0.493 e. The van der Waals surface area contributed by atoms with Crippen LogP contribution in [0.2, 0.25) is 0 Å². The Morgan fingerprint density at radius 1 is 1.03 bits per heavy atom. The third kappa shape index (κ3) is 3.81. The Morgan fingerprint density at radius 2 is 1.76 bits per heavy atom. The monoisotopic (exact) mass is 411 g/mol. The Hall–Kier alpha value is -3.33. The quantitative estimate of drug-likeness (QED) is 0.475. The maximum absolute atomic E-state index is 5.46. The van der Waals surface area contributed by atoms with Gasteiger partial charge in [-0.1, -0.05) is 11.3 Å². The van der Waals surface area contributed by atoms with Crippen LogP contribution in [0.3, 0.4) is 0 Å². The van der Waals surface area contributed by atoms with Gasteiger partial charge < -0.3 is 19.5 Å². The minimum Gasteiger partial charge on any atom is -0.493 e. The molecule has 9 heteroatoms. The maximum atomic E-state index is 5.46. The van der Waals surface area contributed by atoms with Gasteiger partial charge in [0.25, 0.3) is 0 Å². The van der Waals surface area contributed by atoms with Crippen LogP contribution in [0.5, 0.6) is 17.2 Å². The fourth-order valence-electron chi connectivity index (χ4n) is 3.05. The first kappa shape index (κ1) is 19.0. The summed E-state index contributed by atoms with van der Waals surface area (Å²) >= 11 is 1.51. The summed E-state index contributed by atoms with van der Waals surface area (Å²) in [6.45, 7) is 0.778. The molecule has 0 spiro atoms. The number of hydrogen-bond donors (Lipinski definition) is 1. The molecule has 150 valence electrons. The van der Waals surface area contributed by atoms with Gasteiger partial charge in [0.1, 0.15) is 0 Å². The number of anilines is 1. The molecule has 3 heterocycles. The summed E-state index contributed by atoms with van der Waals surface area (Å²) in [5, 5.41) is 8.85. The molecule has 0 aliphatic carbocycles. The summed E-state index contributed by atoms with van der Waals surface area (Å²) in [5.41, 5.74) is 2.95. The van der Waals surface area contributed by atoms with Crippen LogP contribution in [0.15, 0.2) is 42.9 Å². The molecule has 0 amide bonds. The Bertz CT molecular complexity index is 1080. The van der Waals surface area contributed by atoms with Crippen molar-refractivity contribution < 1.29 is 14.2 Å². The summed E-state index contributed by atoms with van der Waals surface area (Å²) < 4.78 is 18.1. The second-order valence-corrected chi connectivity index (χ2v) is 7.15. The minimum absolute atomic E-state index is 0.552. The molecule has 4 rings (SSSR count). The molecule has 3 aromatic heterocycles. The van der Waals surface area contributed by atoms with Crippen molar-refractivity contribution in [1.29, 1.82) is 0 Å². The average molecular weight is 411 g/mol. The van der Waals surface area contributed by atoms with Crippen molar-refractivity contribution in [1.82, 2.24) is 19.6 Å². The molecule has 8 nitrogen and oxygen atoms in total. The van der Waals surface area contributed by atoms with E-state index in [2.05, 4.69) is 20.4 Å². The topological polar surface area (TPSA) is 82.8 Å². The van der Waals surface area contributed by atoms with Gasteiger partial charge in [0.05, 0.1) is 33.2 Å². The normalized spacial score (nSPS) is 10.9. The fourth-order valence-corrected chi connectivity index (χ4v) is 3.85. The Labute approximate surface area is 172 Å². The minimum atomic E-state index is 0.552. The number of nitrogens with one attached hydrogen (secondary N) is 1. The van der Waals surface area contributed by atoms with E-state index in [0.717, 1.165) is 34.3 Å². The Balaban J connectivity index is 1.59. The van der Waals surface area contributed by atoms with Crippen LogP contribution in [0.1, 0.15) is 5.56 Å². The second kappa shape index (κ2) is 8.36. The lowest BCUT2D eigenvalue weighted by molar-refractivity contribution is 0.324. The van der Waals surface area contributed by atoms with Gasteiger partial charge >= 0.3 is 0 Å². The van der Waals surface area contributed by atoms with E-state index in [9.17, 15) is 0 Å². The van der Waals surface area contributed by atoms with Crippen molar-refractivity contribution in [3.05, 3.63) is 48.4 Å². The molecule has 0 bridgehead atoms. The van der Waals surface area contributed by atoms with E-state index in [1.165, 1.54) is 16.9 Å². The summed E-state index contributed by atoms with van der Waals surface area (Å²) in [7, 11) is 4.78. The number of pyridine rings is 1. The van der Waals surface area contributed by atoms with E-state index in [0.29, 0.717) is 17.2 Å². The molecule has 29 heavy (non-hydrogen) atoms. The highest BCUT2D eigenvalue weighted by molar-refractivity contribution is 7.20. The lowest BCUT2D eigenvalue weighted by Gasteiger charge is -2.13. The van der Waals surface area contributed by atoms with Gasteiger partial charge in [0, 0.05) is 24.5 Å². The maximum Gasteiger partial charge on any atom is 0.214 e. The average Bonchev–Trinajstić information content (AvgIpc) is 3.33. The van der Waals surface area contributed by atoms with Crippen molar-refractivity contribution in [3.8, 4) is 28.5 Å². The van der Waals surface area contributed by atoms with E-state index in [1.54, 1.807) is 39.9 Å². The van der Waals surface area contributed by atoms with E-state index < -0.39 is 0 Å². The number of imidazole rings is 1. The molecule has 0 radical (unpaired) electrons. The summed E-state index contributed by atoms with van der Waals surface area (Å²) in [6.07, 6.45) is 6.29. The number of methoxy groups -OCH3 is 3. The van der Waals surface area contributed by atoms with Crippen LogP contribution in [-0.2, 0) is 6.42 Å². The molecule has 0 saturated carbocycles. The van der Waals surface area contributed by atoms with E-state index >= 15 is 0 Å². The van der Waals surface area contributed by atoms with Crippen LogP contribution in [0.25, 0.3) is 16.2 Å². The molecular formula is C20H21N5O3S. The highest BCUT2D eigenvalue weighted by atomic mass is 32.1. The van der Waals surface area contributed by atoms with Crippen LogP contribution < -0.4 is 19.5 Å². The zero-order chi connectivity index (χ0) is 20.2. The standard InChI is InChI=1S/C20H21N5O3S/c1-26-16-10-14(11-17(27-2)18(16)28-3)15-12-23-20-25(15)24-19(29-20)22-9-6-13-4-7-21-8-5-13/h4-5,7-8,10-12H,6,9H2,1-3H3,(H,22,24). The molecule has 1 N–H and O–H groups in total. The molecule has 4 aromatic rings. The van der Waals surface area contributed by atoms with E-state index in [4.69, 9.17) is 14.2 Å². The van der Waals surface area contributed by atoms with Gasteiger partial charge in [0.15, 0.2) is 11.5 Å². The van der Waals surface area contributed by atoms with Crippen molar-refractivity contribution in [2.45, 2.75) is 6.42 Å². The van der Waals surface area contributed by atoms with Gasteiger partial charge in [-0.15, -0.1) is 5.10 Å². The summed E-state index contributed by atoms with van der Waals surface area (Å²) in [4.78, 5) is 9.34. The van der Waals surface area contributed by atoms with Crippen LogP contribution in [-0.4, -0.2) is 47.5 Å². The Kier molecular flexibility index (Phi) is 5.48. The van der Waals surface area contributed by atoms with Crippen LogP contribution in [0.4, 0.5) is 5.13 Å². The molecule has 0 unspecified atom stereocenters. The van der Waals surface area contributed by atoms with Gasteiger partial charge in [-0.25, -0.2) is 9.50 Å². The van der Waals surface area contributed by atoms with Gasteiger partial charge in [-0.3, -0.25) is 4.98 Å². The number of ether oxygens (including phenoxy) is 3. The number of hydrogen-bond acceptors (Lipinski definition) is 8. The molecular weight excluding hydrogens is 390 g/mol. The fraction of sp³-hybridized carbons (Fsp3) is 0.250. The first-order valence-corrected chi connectivity index (χ1v) is 9.83. The van der Waals surface area contributed by atoms with E-state index in [-0.39, 0.29) is 0 Å². The smallest absolute Gasteiger partial charge is 0.214 e. The molecule has 0 fully saturated rings. The molecule has 0 aliphatic rings. The zero-order valence-electron chi connectivity index (χ0n) is 16.4. The number of benzene rings is 1. The highest BCUT2D eigenvalue weighted by Gasteiger charge is 2.18. The number of nitrogens with zero attached hydrogens (tertiary/aromatic N) is 4. The van der Waals surface area contributed by atoms with Gasteiger partial charge in [-0.2, -0.15) is 0 Å². The third-order valence-corrected chi connectivity index (χ3v) is 5.37. The predicted molar refractivity (Wildman–Crippen MR) is 112 cm³/mol. The molecule has 1 aromatic carbocycles. The third-order valence-electron chi connectivity index (χ3n) is 4.49. The predicted octanol–water partition coefficient (Wildman–Crippen LogP) is 3.53. The summed E-state index contributed by atoms with van der Waals surface area (Å²) in [5.74, 6) is 1.72. The lowest BCUT2D eigenvalue weighted by Crippen LogP contribution is -2.05. The van der Waals surface area contributed by atoms with Gasteiger partial charge in [-0.05, 0) is 36.2 Å². The SMILES string of the molecule is COc1cc(-c2cnc3sc(NCCc4ccncc4)nn23)cc(OC)c1OC. The first-order chi connectivity index (χ1) is 14.2. The van der Waals surface area contributed by atoms with Crippen LogP contribution >= 0.6 is 11.3 Å². The number of rotatable bonds is 8. The summed E-state index contributed by atoms with van der Waals surface area (Å²) in [6, 6.07) is 7.80. The highest BCUT2D eigenvalue weighted by Crippen LogP contribution is 2.41. The van der Waals surface area contributed by atoms with E-state index in [1.807, 2.05) is 28.8 Å². The molecule has 0 atom stereocenters. The molecule has 0 aliphatic heterocycles. The van der Waals surface area contributed by atoms with Crippen LogP contribution in [0, 0.1) is 0 Å². The lowest BCUT2D eigenvalue weighted by atomic mass is 10.1. The molecule has 0 saturated heterocycles. The first-order valence-electron chi connectivity index (χ1n) is 9.01. The van der Waals surface area contributed by atoms with Crippen molar-refractivity contribution in [2.24, 2.45) is 0 Å². The van der Waals surface area contributed by atoms with Crippen molar-refractivity contribution >= 4 is 21.4 Å². The van der Waals surface area contributed by atoms with Crippen molar-refractivity contribution in [2.75, 3.05) is 33.2 Å². The number of aromatic nitrogens is 4. The van der Waals surface area contributed by atoms with Gasteiger partial charge in [0.2, 0.25) is 15.8 Å². The second-order valence-electron chi connectivity index (χ2n) is 6.19. The Morgan fingerprint density at radius 3 is 2.41 bits per heavy atom. The number of fused-ring (bicyclic) bond motifs is 1. The zero-order valence-corrected chi connectivity index (χ0v) is 17.2. The van der Waals surface area contributed by atoms with Crippen molar-refractivity contribution in [3.63, 3.8) is 0 Å².